The van der Waals surface area contributed by atoms with Gasteiger partial charge in [0.15, 0.2) is 0 Å². The molecule has 0 saturated heterocycles. The van der Waals surface area contributed by atoms with Crippen LogP contribution in [0.15, 0.2) is 48.5 Å². The number of rotatable bonds is 10. The molecule has 0 radical (unpaired) electrons. The number of ether oxygens (including phenoxy) is 2. The molecule has 0 unspecified atom stereocenters. The Labute approximate surface area is 176 Å². The van der Waals surface area contributed by atoms with E-state index in [1.165, 1.54) is 17.5 Å². The van der Waals surface area contributed by atoms with Crippen LogP contribution >= 0.6 is 0 Å². The molecule has 2 aromatic rings. The molecule has 30 heavy (non-hydrogen) atoms. The van der Waals surface area contributed by atoms with Crippen molar-refractivity contribution >= 4 is 33.3 Å². The first-order valence-corrected chi connectivity index (χ1v) is 11.3. The maximum absolute atomic E-state index is 12.3. The van der Waals surface area contributed by atoms with Gasteiger partial charge in [0.1, 0.15) is 5.75 Å². The Balaban J connectivity index is 2.00. The highest BCUT2D eigenvalue weighted by Crippen LogP contribution is 2.29. The van der Waals surface area contributed by atoms with E-state index >= 15 is 0 Å². The summed E-state index contributed by atoms with van der Waals surface area (Å²) >= 11 is 0. The minimum Gasteiger partial charge on any atom is -0.495 e. The van der Waals surface area contributed by atoms with E-state index in [1.807, 2.05) is 0 Å². The van der Waals surface area contributed by atoms with Gasteiger partial charge in [0.2, 0.25) is 15.9 Å². The normalized spacial score (nSPS) is 10.9. The second kappa shape index (κ2) is 10.6. The molecular formula is C21H26N2O6S. The lowest BCUT2D eigenvalue weighted by Crippen LogP contribution is -2.31. The third kappa shape index (κ3) is 6.48. The maximum Gasteiger partial charge on any atom is 0.338 e. The summed E-state index contributed by atoms with van der Waals surface area (Å²) in [5.74, 6) is -0.318. The predicted molar refractivity (Wildman–Crippen MR) is 115 cm³/mol. The van der Waals surface area contributed by atoms with Crippen molar-refractivity contribution in [2.45, 2.75) is 19.8 Å². The molecular weight excluding hydrogens is 408 g/mol. The van der Waals surface area contributed by atoms with Gasteiger partial charge in [0, 0.05) is 18.7 Å². The van der Waals surface area contributed by atoms with E-state index in [0.29, 0.717) is 29.1 Å². The number of benzene rings is 2. The lowest BCUT2D eigenvalue weighted by atomic mass is 10.2. The van der Waals surface area contributed by atoms with Crippen molar-refractivity contribution < 1.29 is 27.5 Å². The number of carbonyl (C=O) groups is 2. The highest BCUT2D eigenvalue weighted by atomic mass is 32.2. The number of para-hydroxylation sites is 2. The zero-order chi connectivity index (χ0) is 22.1. The van der Waals surface area contributed by atoms with Crippen molar-refractivity contribution in [3.8, 4) is 5.75 Å². The quantitative estimate of drug-likeness (QED) is 0.577. The molecule has 9 heteroatoms. The van der Waals surface area contributed by atoms with Crippen molar-refractivity contribution in [3.05, 3.63) is 54.1 Å². The van der Waals surface area contributed by atoms with E-state index in [9.17, 15) is 18.0 Å². The Kier molecular flexibility index (Phi) is 8.23. The van der Waals surface area contributed by atoms with E-state index in [0.717, 1.165) is 6.26 Å². The molecule has 0 bridgehead atoms. The van der Waals surface area contributed by atoms with Crippen LogP contribution in [0.5, 0.6) is 5.75 Å². The molecule has 0 aliphatic carbocycles. The average Bonchev–Trinajstić information content (AvgIpc) is 2.70. The van der Waals surface area contributed by atoms with E-state index in [2.05, 4.69) is 5.32 Å². The predicted octanol–water partition coefficient (Wildman–Crippen LogP) is 3.06. The second-order valence-corrected chi connectivity index (χ2v) is 8.37. The van der Waals surface area contributed by atoms with Crippen molar-refractivity contribution in [2.75, 3.05) is 36.1 Å². The summed E-state index contributed by atoms with van der Waals surface area (Å²) in [6, 6.07) is 13.3. The molecule has 8 nitrogen and oxygen atoms in total. The molecule has 0 fully saturated rings. The lowest BCUT2D eigenvalue weighted by Gasteiger charge is -2.24. The van der Waals surface area contributed by atoms with Crippen LogP contribution < -0.4 is 14.4 Å². The molecule has 0 aliphatic heterocycles. The fraction of sp³-hybridized carbons (Fsp3) is 0.333. The van der Waals surface area contributed by atoms with Crippen LogP contribution in [0, 0.1) is 0 Å². The lowest BCUT2D eigenvalue weighted by molar-refractivity contribution is -0.116. The molecule has 0 atom stereocenters. The highest BCUT2D eigenvalue weighted by Gasteiger charge is 2.21. The van der Waals surface area contributed by atoms with Crippen LogP contribution in [-0.4, -0.2) is 46.8 Å². The summed E-state index contributed by atoms with van der Waals surface area (Å²) in [5, 5.41) is 2.71. The number of anilines is 2. The largest absolute Gasteiger partial charge is 0.495 e. The topological polar surface area (TPSA) is 102 Å². The molecule has 0 spiro atoms. The smallest absolute Gasteiger partial charge is 0.338 e. The van der Waals surface area contributed by atoms with E-state index in [4.69, 9.17) is 9.47 Å². The van der Waals surface area contributed by atoms with Crippen molar-refractivity contribution in [2.24, 2.45) is 0 Å². The van der Waals surface area contributed by atoms with Crippen LogP contribution in [0.2, 0.25) is 0 Å². The summed E-state index contributed by atoms with van der Waals surface area (Å²) < 4.78 is 35.9. The number of sulfonamides is 1. The summed E-state index contributed by atoms with van der Waals surface area (Å²) in [4.78, 5) is 24.1. The number of hydrogen-bond acceptors (Lipinski definition) is 6. The summed E-state index contributed by atoms with van der Waals surface area (Å²) in [6.45, 7) is 2.10. The van der Waals surface area contributed by atoms with Crippen LogP contribution in [-0.2, 0) is 19.6 Å². The van der Waals surface area contributed by atoms with E-state index < -0.39 is 16.0 Å². The second-order valence-electron chi connectivity index (χ2n) is 6.46. The molecule has 162 valence electrons. The Hall–Kier alpha value is -3.07. The number of nitrogens with one attached hydrogen (secondary N) is 1. The number of esters is 1. The van der Waals surface area contributed by atoms with Crippen LogP contribution in [0.1, 0.15) is 30.1 Å². The van der Waals surface area contributed by atoms with E-state index in [1.54, 1.807) is 49.4 Å². The van der Waals surface area contributed by atoms with Gasteiger partial charge in [-0.1, -0.05) is 18.2 Å². The number of amides is 1. The van der Waals surface area contributed by atoms with Gasteiger partial charge < -0.3 is 14.8 Å². The Morgan fingerprint density at radius 2 is 1.83 bits per heavy atom. The first kappa shape index (κ1) is 23.2. The molecule has 0 aliphatic rings. The molecule has 0 saturated carbocycles. The number of methoxy groups -OCH3 is 1. The zero-order valence-electron chi connectivity index (χ0n) is 17.3. The van der Waals surface area contributed by atoms with Gasteiger partial charge >= 0.3 is 5.97 Å². The average molecular weight is 435 g/mol. The molecule has 0 aromatic heterocycles. The fourth-order valence-corrected chi connectivity index (χ4v) is 3.81. The summed E-state index contributed by atoms with van der Waals surface area (Å²) in [6.07, 6.45) is 1.51. The number of carbonyl (C=O) groups excluding carboxylic acids is 2. The van der Waals surface area contributed by atoms with Gasteiger partial charge in [-0.25, -0.2) is 13.2 Å². The monoisotopic (exact) mass is 434 g/mol. The number of hydrogen-bond donors (Lipinski definition) is 1. The highest BCUT2D eigenvalue weighted by molar-refractivity contribution is 7.92. The van der Waals surface area contributed by atoms with Gasteiger partial charge in [-0.3, -0.25) is 9.10 Å². The Morgan fingerprint density at radius 3 is 2.50 bits per heavy atom. The summed E-state index contributed by atoms with van der Waals surface area (Å²) in [7, 11) is -2.09. The van der Waals surface area contributed by atoms with Crippen LogP contribution in [0.4, 0.5) is 11.4 Å². The first-order chi connectivity index (χ1) is 14.3. The van der Waals surface area contributed by atoms with Gasteiger partial charge in [-0.05, 0) is 43.7 Å². The Bertz CT molecular complexity index is 990. The molecule has 2 rings (SSSR count). The van der Waals surface area contributed by atoms with Crippen molar-refractivity contribution in [3.63, 3.8) is 0 Å². The van der Waals surface area contributed by atoms with Crippen molar-refractivity contribution in [1.29, 1.82) is 0 Å². The van der Waals surface area contributed by atoms with Crippen LogP contribution in [0.25, 0.3) is 0 Å². The van der Waals surface area contributed by atoms with Gasteiger partial charge in [-0.2, -0.15) is 0 Å². The molecule has 0 heterocycles. The maximum atomic E-state index is 12.3. The third-order valence-corrected chi connectivity index (χ3v) is 5.36. The minimum absolute atomic E-state index is 0.102. The molecule has 2 aromatic carbocycles. The summed E-state index contributed by atoms with van der Waals surface area (Å²) in [5.41, 5.74) is 1.23. The SMILES string of the molecule is CCOC(=O)c1cccc(NC(=O)CCCN(c2ccccc2OC)S(C)(=O)=O)c1. The first-order valence-electron chi connectivity index (χ1n) is 9.44. The van der Waals surface area contributed by atoms with Gasteiger partial charge in [-0.15, -0.1) is 0 Å². The fourth-order valence-electron chi connectivity index (χ4n) is 2.85. The molecule has 1 N–H and O–H groups in total. The molecule has 1 amide bonds. The third-order valence-electron chi connectivity index (χ3n) is 4.18. The Morgan fingerprint density at radius 1 is 1.10 bits per heavy atom. The standard InChI is InChI=1S/C21H26N2O6S/c1-4-29-21(25)16-9-7-10-17(15-16)22-20(24)13-8-14-23(30(3,26)27)18-11-5-6-12-19(18)28-2/h5-7,9-12,15H,4,8,13-14H2,1-3H3,(H,22,24). The minimum atomic E-state index is -3.56. The van der Waals surface area contributed by atoms with Gasteiger partial charge in [0.05, 0.1) is 31.2 Å². The zero-order valence-corrected chi connectivity index (χ0v) is 18.1. The van der Waals surface area contributed by atoms with E-state index in [-0.39, 0.29) is 25.5 Å². The van der Waals surface area contributed by atoms with Crippen molar-refractivity contribution in [1.82, 2.24) is 0 Å². The van der Waals surface area contributed by atoms with Gasteiger partial charge in [0.25, 0.3) is 0 Å². The van der Waals surface area contributed by atoms with Crippen LogP contribution in [0.3, 0.4) is 0 Å². The number of nitrogens with zero attached hydrogens (tertiary/aromatic N) is 1.